The van der Waals surface area contributed by atoms with Gasteiger partial charge in [-0.1, -0.05) is 36.4 Å². The van der Waals surface area contributed by atoms with Crippen molar-refractivity contribution in [2.75, 3.05) is 27.4 Å². The summed E-state index contributed by atoms with van der Waals surface area (Å²) in [5, 5.41) is 3.33. The molecule has 0 amide bonds. The van der Waals surface area contributed by atoms with E-state index in [1.54, 1.807) is 14.2 Å². The first-order valence-electron chi connectivity index (χ1n) is 7.37. The highest BCUT2D eigenvalue weighted by atomic mass is 16.5. The van der Waals surface area contributed by atoms with Crippen molar-refractivity contribution in [3.05, 3.63) is 59.7 Å². The molecule has 0 saturated heterocycles. The largest absolute Gasteiger partial charge is 0.497 e. The second-order valence-electron chi connectivity index (χ2n) is 4.92. The van der Waals surface area contributed by atoms with Gasteiger partial charge in [0.05, 0.1) is 13.7 Å². The standard InChI is InChI=1S/C18H23NO3/c1-20-11-10-19-13-16-8-9-17(21-2)12-18(16)22-14-15-6-4-3-5-7-15/h3-9,12,19H,10-11,13-14H2,1-2H3. The van der Waals surface area contributed by atoms with Crippen LogP contribution in [0.15, 0.2) is 48.5 Å². The first-order valence-corrected chi connectivity index (χ1v) is 7.37. The molecule has 0 fully saturated rings. The van der Waals surface area contributed by atoms with Crippen molar-refractivity contribution in [3.8, 4) is 11.5 Å². The summed E-state index contributed by atoms with van der Waals surface area (Å²) < 4.78 is 16.3. The average molecular weight is 301 g/mol. The van der Waals surface area contributed by atoms with Crippen molar-refractivity contribution in [3.63, 3.8) is 0 Å². The van der Waals surface area contributed by atoms with Crippen LogP contribution in [0.1, 0.15) is 11.1 Å². The van der Waals surface area contributed by atoms with E-state index >= 15 is 0 Å². The second kappa shape index (κ2) is 9.07. The highest BCUT2D eigenvalue weighted by Gasteiger charge is 2.06. The quantitative estimate of drug-likeness (QED) is 0.723. The van der Waals surface area contributed by atoms with Crippen molar-refractivity contribution >= 4 is 0 Å². The zero-order valence-corrected chi connectivity index (χ0v) is 13.2. The van der Waals surface area contributed by atoms with Crippen LogP contribution in [-0.4, -0.2) is 27.4 Å². The molecule has 0 aliphatic rings. The molecule has 0 spiro atoms. The zero-order valence-electron chi connectivity index (χ0n) is 13.2. The van der Waals surface area contributed by atoms with Crippen molar-refractivity contribution in [2.24, 2.45) is 0 Å². The fraction of sp³-hybridized carbons (Fsp3) is 0.333. The van der Waals surface area contributed by atoms with E-state index in [1.165, 1.54) is 0 Å². The highest BCUT2D eigenvalue weighted by Crippen LogP contribution is 2.25. The number of nitrogens with one attached hydrogen (secondary N) is 1. The maximum atomic E-state index is 5.97. The second-order valence-corrected chi connectivity index (χ2v) is 4.92. The summed E-state index contributed by atoms with van der Waals surface area (Å²) in [5.41, 5.74) is 2.25. The fourth-order valence-corrected chi connectivity index (χ4v) is 2.07. The molecular formula is C18H23NO3. The summed E-state index contributed by atoms with van der Waals surface area (Å²) in [7, 11) is 3.36. The van der Waals surface area contributed by atoms with E-state index in [0.717, 1.165) is 35.7 Å². The molecule has 22 heavy (non-hydrogen) atoms. The van der Waals surface area contributed by atoms with Crippen LogP contribution in [0.5, 0.6) is 11.5 Å². The van der Waals surface area contributed by atoms with Crippen molar-refractivity contribution in [1.29, 1.82) is 0 Å². The molecule has 2 aromatic rings. The SMILES string of the molecule is COCCNCc1ccc(OC)cc1OCc1ccccc1. The molecule has 0 bridgehead atoms. The van der Waals surface area contributed by atoms with E-state index < -0.39 is 0 Å². The maximum absolute atomic E-state index is 5.97. The van der Waals surface area contributed by atoms with Gasteiger partial charge in [-0.25, -0.2) is 0 Å². The molecule has 0 aliphatic heterocycles. The van der Waals surface area contributed by atoms with Gasteiger partial charge in [-0.3, -0.25) is 0 Å². The molecular weight excluding hydrogens is 278 g/mol. The Labute approximate surface area is 132 Å². The first-order chi connectivity index (χ1) is 10.8. The molecule has 4 heteroatoms. The number of benzene rings is 2. The topological polar surface area (TPSA) is 39.7 Å². The number of rotatable bonds is 9. The van der Waals surface area contributed by atoms with Gasteiger partial charge in [0.2, 0.25) is 0 Å². The lowest BCUT2D eigenvalue weighted by molar-refractivity contribution is 0.199. The predicted octanol–water partition coefficient (Wildman–Crippen LogP) is 3.01. The number of hydrogen-bond donors (Lipinski definition) is 1. The first kappa shape index (κ1) is 16.3. The van der Waals surface area contributed by atoms with Crippen LogP contribution in [0.2, 0.25) is 0 Å². The molecule has 0 atom stereocenters. The van der Waals surface area contributed by atoms with Gasteiger partial charge in [0.25, 0.3) is 0 Å². The summed E-state index contributed by atoms with van der Waals surface area (Å²) in [6.45, 7) is 2.77. The Morgan fingerprint density at radius 2 is 1.82 bits per heavy atom. The average Bonchev–Trinajstić information content (AvgIpc) is 2.58. The molecule has 0 aromatic heterocycles. The molecule has 118 valence electrons. The van der Waals surface area contributed by atoms with Gasteiger partial charge in [0.1, 0.15) is 18.1 Å². The van der Waals surface area contributed by atoms with Gasteiger partial charge in [0, 0.05) is 31.8 Å². The molecule has 0 aliphatic carbocycles. The van der Waals surface area contributed by atoms with Gasteiger partial charge in [-0.15, -0.1) is 0 Å². The van der Waals surface area contributed by atoms with E-state index in [1.807, 2.05) is 36.4 Å². The van der Waals surface area contributed by atoms with E-state index in [0.29, 0.717) is 13.2 Å². The smallest absolute Gasteiger partial charge is 0.127 e. The molecule has 0 saturated carbocycles. The Kier molecular flexibility index (Phi) is 6.74. The summed E-state index contributed by atoms with van der Waals surface area (Å²) >= 11 is 0. The van der Waals surface area contributed by atoms with Crippen molar-refractivity contribution in [1.82, 2.24) is 5.32 Å². The van der Waals surface area contributed by atoms with Crippen molar-refractivity contribution < 1.29 is 14.2 Å². The van der Waals surface area contributed by atoms with Crippen LogP contribution in [-0.2, 0) is 17.9 Å². The Bertz CT molecular complexity index is 558. The van der Waals surface area contributed by atoms with E-state index in [2.05, 4.69) is 17.4 Å². The molecule has 0 radical (unpaired) electrons. The van der Waals surface area contributed by atoms with Gasteiger partial charge < -0.3 is 19.5 Å². The third-order valence-corrected chi connectivity index (χ3v) is 3.31. The summed E-state index contributed by atoms with van der Waals surface area (Å²) in [4.78, 5) is 0. The third-order valence-electron chi connectivity index (χ3n) is 3.31. The van der Waals surface area contributed by atoms with Crippen LogP contribution in [0, 0.1) is 0 Å². The molecule has 4 nitrogen and oxygen atoms in total. The summed E-state index contributed by atoms with van der Waals surface area (Å²) in [6, 6.07) is 16.0. The van der Waals surface area contributed by atoms with E-state index in [4.69, 9.17) is 14.2 Å². The Morgan fingerprint density at radius 3 is 2.55 bits per heavy atom. The lowest BCUT2D eigenvalue weighted by Crippen LogP contribution is -2.19. The molecule has 0 heterocycles. The number of ether oxygens (including phenoxy) is 3. The van der Waals surface area contributed by atoms with Gasteiger partial charge in [-0.2, -0.15) is 0 Å². The summed E-state index contributed by atoms with van der Waals surface area (Å²) in [6.07, 6.45) is 0. The van der Waals surface area contributed by atoms with Crippen LogP contribution in [0.25, 0.3) is 0 Å². The summed E-state index contributed by atoms with van der Waals surface area (Å²) in [5.74, 6) is 1.64. The lowest BCUT2D eigenvalue weighted by Gasteiger charge is -2.14. The van der Waals surface area contributed by atoms with Gasteiger partial charge >= 0.3 is 0 Å². The van der Waals surface area contributed by atoms with Gasteiger partial charge in [-0.05, 0) is 11.6 Å². The van der Waals surface area contributed by atoms with Gasteiger partial charge in [0.15, 0.2) is 0 Å². The van der Waals surface area contributed by atoms with Crippen LogP contribution in [0.3, 0.4) is 0 Å². The monoisotopic (exact) mass is 301 g/mol. The fourth-order valence-electron chi connectivity index (χ4n) is 2.07. The van der Waals surface area contributed by atoms with Crippen molar-refractivity contribution in [2.45, 2.75) is 13.2 Å². The van der Waals surface area contributed by atoms with Crippen LogP contribution >= 0.6 is 0 Å². The number of methoxy groups -OCH3 is 2. The van der Waals surface area contributed by atoms with Crippen LogP contribution < -0.4 is 14.8 Å². The molecule has 2 rings (SSSR count). The number of hydrogen-bond acceptors (Lipinski definition) is 4. The Morgan fingerprint density at radius 1 is 1.00 bits per heavy atom. The molecule has 2 aromatic carbocycles. The Hall–Kier alpha value is -2.04. The minimum absolute atomic E-state index is 0.541. The maximum Gasteiger partial charge on any atom is 0.127 e. The Balaban J connectivity index is 2.02. The predicted molar refractivity (Wildman–Crippen MR) is 87.4 cm³/mol. The molecule has 0 unspecified atom stereocenters. The third kappa shape index (κ3) is 5.06. The minimum Gasteiger partial charge on any atom is -0.497 e. The minimum atomic E-state index is 0.541. The lowest BCUT2D eigenvalue weighted by atomic mass is 10.2. The van der Waals surface area contributed by atoms with Crippen LogP contribution in [0.4, 0.5) is 0 Å². The van der Waals surface area contributed by atoms with E-state index in [-0.39, 0.29) is 0 Å². The van der Waals surface area contributed by atoms with E-state index in [9.17, 15) is 0 Å². The zero-order chi connectivity index (χ0) is 15.6. The molecule has 1 N–H and O–H groups in total. The highest BCUT2D eigenvalue weighted by molar-refractivity contribution is 5.41. The normalized spacial score (nSPS) is 10.5.